The lowest BCUT2D eigenvalue weighted by molar-refractivity contribution is 0.332. The number of rotatable bonds is 6. The van der Waals surface area contributed by atoms with Gasteiger partial charge in [-0.15, -0.1) is 0 Å². The fourth-order valence-corrected chi connectivity index (χ4v) is 4.18. The van der Waals surface area contributed by atoms with Crippen molar-refractivity contribution in [1.82, 2.24) is 4.72 Å². The van der Waals surface area contributed by atoms with Gasteiger partial charge < -0.3 is 11.1 Å². The number of nitrogens with one attached hydrogen (secondary N) is 2. The van der Waals surface area contributed by atoms with Gasteiger partial charge in [-0.25, -0.2) is 13.1 Å². The van der Waals surface area contributed by atoms with E-state index in [4.69, 9.17) is 5.73 Å². The van der Waals surface area contributed by atoms with Gasteiger partial charge in [0.1, 0.15) is 4.90 Å². The van der Waals surface area contributed by atoms with Gasteiger partial charge in [0.15, 0.2) is 0 Å². The Bertz CT molecular complexity index is 560. The number of hydrogen-bond acceptors (Lipinski definition) is 4. The van der Waals surface area contributed by atoms with Crippen LogP contribution in [0.15, 0.2) is 29.2 Å². The fourth-order valence-electron chi connectivity index (χ4n) is 2.97. The van der Waals surface area contributed by atoms with Gasteiger partial charge in [0, 0.05) is 12.6 Å². The van der Waals surface area contributed by atoms with E-state index in [1.54, 1.807) is 19.1 Å². The molecule has 0 heterocycles. The SMILES string of the molecule is CCNS(=O)(=O)c1ccccc1NC1CCCCC1CN. The number of sulfonamides is 1. The third-order valence-electron chi connectivity index (χ3n) is 4.06. The molecule has 1 aromatic rings. The van der Waals surface area contributed by atoms with Crippen LogP contribution < -0.4 is 15.8 Å². The zero-order valence-electron chi connectivity index (χ0n) is 12.5. The third kappa shape index (κ3) is 3.96. The Morgan fingerprint density at radius 3 is 2.67 bits per heavy atom. The number of benzene rings is 1. The second-order valence-corrected chi connectivity index (χ2v) is 7.26. The van der Waals surface area contributed by atoms with Crippen LogP contribution in [0, 0.1) is 5.92 Å². The third-order valence-corrected chi connectivity index (χ3v) is 5.67. The Balaban J connectivity index is 2.24. The van der Waals surface area contributed by atoms with Gasteiger partial charge in [-0.3, -0.25) is 0 Å². The lowest BCUT2D eigenvalue weighted by Gasteiger charge is -2.32. The highest BCUT2D eigenvalue weighted by atomic mass is 32.2. The van der Waals surface area contributed by atoms with Crippen molar-refractivity contribution in [1.29, 1.82) is 0 Å². The van der Waals surface area contributed by atoms with E-state index in [0.29, 0.717) is 29.6 Å². The molecule has 0 amide bonds. The van der Waals surface area contributed by atoms with Gasteiger partial charge >= 0.3 is 0 Å². The van der Waals surface area contributed by atoms with E-state index in [0.717, 1.165) is 19.3 Å². The molecule has 118 valence electrons. The van der Waals surface area contributed by atoms with Crippen LogP contribution in [-0.4, -0.2) is 27.5 Å². The summed E-state index contributed by atoms with van der Waals surface area (Å²) in [4.78, 5) is 0.313. The first-order valence-electron chi connectivity index (χ1n) is 7.63. The predicted molar refractivity (Wildman–Crippen MR) is 85.7 cm³/mol. The molecule has 2 unspecified atom stereocenters. The molecule has 0 spiro atoms. The second kappa shape index (κ2) is 7.24. The van der Waals surface area contributed by atoms with Crippen LogP contribution in [0.4, 0.5) is 5.69 Å². The molecule has 4 N–H and O–H groups in total. The molecule has 0 saturated heterocycles. The molecule has 0 bridgehead atoms. The Morgan fingerprint density at radius 2 is 1.95 bits per heavy atom. The van der Waals surface area contributed by atoms with E-state index in [-0.39, 0.29) is 6.04 Å². The molecule has 1 aliphatic rings. The molecule has 0 radical (unpaired) electrons. The first-order valence-corrected chi connectivity index (χ1v) is 9.12. The maximum Gasteiger partial charge on any atom is 0.242 e. The molecule has 6 heteroatoms. The smallest absolute Gasteiger partial charge is 0.242 e. The minimum atomic E-state index is -3.46. The minimum absolute atomic E-state index is 0.252. The van der Waals surface area contributed by atoms with Crippen molar-refractivity contribution in [3.8, 4) is 0 Å². The molecule has 5 nitrogen and oxygen atoms in total. The fraction of sp³-hybridized carbons (Fsp3) is 0.600. The summed E-state index contributed by atoms with van der Waals surface area (Å²) in [6, 6.07) is 7.32. The molecule has 1 aromatic carbocycles. The van der Waals surface area contributed by atoms with E-state index in [2.05, 4.69) is 10.0 Å². The highest BCUT2D eigenvalue weighted by Crippen LogP contribution is 2.29. The zero-order chi connectivity index (χ0) is 15.3. The van der Waals surface area contributed by atoms with Crippen molar-refractivity contribution < 1.29 is 8.42 Å². The van der Waals surface area contributed by atoms with E-state index < -0.39 is 10.0 Å². The summed E-state index contributed by atoms with van der Waals surface area (Å²) in [5.41, 5.74) is 6.52. The lowest BCUT2D eigenvalue weighted by Crippen LogP contribution is -2.37. The highest BCUT2D eigenvalue weighted by Gasteiger charge is 2.26. The first-order chi connectivity index (χ1) is 10.1. The van der Waals surface area contributed by atoms with Crippen molar-refractivity contribution in [2.75, 3.05) is 18.4 Å². The first kappa shape index (κ1) is 16.3. The molecular formula is C15H25N3O2S. The van der Waals surface area contributed by atoms with Crippen LogP contribution in [0.1, 0.15) is 32.6 Å². The summed E-state index contributed by atoms with van der Waals surface area (Å²) >= 11 is 0. The average Bonchev–Trinajstić information content (AvgIpc) is 2.48. The van der Waals surface area contributed by atoms with Gasteiger partial charge in [0.05, 0.1) is 5.69 Å². The summed E-state index contributed by atoms with van der Waals surface area (Å²) in [6.45, 7) is 2.80. The van der Waals surface area contributed by atoms with Crippen LogP contribution in [0.5, 0.6) is 0 Å². The predicted octanol–water partition coefficient (Wildman–Crippen LogP) is 1.91. The Labute approximate surface area is 127 Å². The maximum absolute atomic E-state index is 12.3. The molecule has 2 rings (SSSR count). The van der Waals surface area contributed by atoms with Crippen LogP contribution in [-0.2, 0) is 10.0 Å². The van der Waals surface area contributed by atoms with Crippen molar-refractivity contribution in [3.05, 3.63) is 24.3 Å². The molecule has 0 aromatic heterocycles. The molecule has 1 fully saturated rings. The van der Waals surface area contributed by atoms with Crippen LogP contribution in [0.25, 0.3) is 0 Å². The number of nitrogens with two attached hydrogens (primary N) is 1. The van der Waals surface area contributed by atoms with Crippen LogP contribution in [0.3, 0.4) is 0 Å². The van der Waals surface area contributed by atoms with E-state index >= 15 is 0 Å². The van der Waals surface area contributed by atoms with Gasteiger partial charge in [-0.1, -0.05) is 31.9 Å². The zero-order valence-corrected chi connectivity index (χ0v) is 13.3. The van der Waals surface area contributed by atoms with E-state index in [1.165, 1.54) is 6.42 Å². The van der Waals surface area contributed by atoms with Crippen LogP contribution >= 0.6 is 0 Å². The van der Waals surface area contributed by atoms with Gasteiger partial charge in [-0.2, -0.15) is 0 Å². The molecule has 2 atom stereocenters. The monoisotopic (exact) mass is 311 g/mol. The lowest BCUT2D eigenvalue weighted by atomic mass is 9.84. The van der Waals surface area contributed by atoms with Gasteiger partial charge in [0.2, 0.25) is 10.0 Å². The summed E-state index contributed by atoms with van der Waals surface area (Å²) in [5.74, 6) is 0.411. The molecule has 0 aliphatic heterocycles. The standard InChI is InChI=1S/C15H25N3O2S/c1-2-17-21(19,20)15-10-6-5-9-14(15)18-13-8-4-3-7-12(13)11-16/h5-6,9-10,12-13,17-18H,2-4,7-8,11,16H2,1H3. The Morgan fingerprint density at radius 1 is 1.24 bits per heavy atom. The average molecular weight is 311 g/mol. The van der Waals surface area contributed by atoms with Crippen molar-refractivity contribution >= 4 is 15.7 Å². The number of para-hydroxylation sites is 1. The maximum atomic E-state index is 12.3. The van der Waals surface area contributed by atoms with Crippen molar-refractivity contribution in [2.45, 2.75) is 43.5 Å². The van der Waals surface area contributed by atoms with Gasteiger partial charge in [0.25, 0.3) is 0 Å². The van der Waals surface area contributed by atoms with Crippen molar-refractivity contribution in [3.63, 3.8) is 0 Å². The largest absolute Gasteiger partial charge is 0.381 e. The molecule has 1 saturated carbocycles. The quantitative estimate of drug-likeness (QED) is 0.749. The summed E-state index contributed by atoms with van der Waals surface area (Å²) in [7, 11) is -3.46. The number of hydrogen-bond donors (Lipinski definition) is 3. The van der Waals surface area contributed by atoms with Gasteiger partial charge in [-0.05, 0) is 37.4 Å². The van der Waals surface area contributed by atoms with Crippen molar-refractivity contribution in [2.24, 2.45) is 11.7 Å². The minimum Gasteiger partial charge on any atom is -0.381 e. The van der Waals surface area contributed by atoms with Crippen LogP contribution in [0.2, 0.25) is 0 Å². The second-order valence-electron chi connectivity index (χ2n) is 5.53. The summed E-state index contributed by atoms with van der Waals surface area (Å²) in [5, 5.41) is 3.42. The topological polar surface area (TPSA) is 84.2 Å². The Kier molecular flexibility index (Phi) is 5.61. The van der Waals surface area contributed by atoms with E-state index in [9.17, 15) is 8.42 Å². The summed E-state index contributed by atoms with van der Waals surface area (Å²) < 4.78 is 27.1. The molecule has 21 heavy (non-hydrogen) atoms. The molecule has 1 aliphatic carbocycles. The number of anilines is 1. The van der Waals surface area contributed by atoms with E-state index in [1.807, 2.05) is 12.1 Å². The normalized spacial score (nSPS) is 23.0. The summed E-state index contributed by atoms with van der Waals surface area (Å²) in [6.07, 6.45) is 4.52. The molecular weight excluding hydrogens is 286 g/mol. The highest BCUT2D eigenvalue weighted by molar-refractivity contribution is 7.89. The Hall–Kier alpha value is -1.11.